The van der Waals surface area contributed by atoms with E-state index in [0.29, 0.717) is 13.0 Å². The van der Waals surface area contributed by atoms with Gasteiger partial charge in [0.05, 0.1) is 12.2 Å². The van der Waals surface area contributed by atoms with E-state index >= 15 is 0 Å². The first kappa shape index (κ1) is 16.5. The van der Waals surface area contributed by atoms with Gasteiger partial charge in [0, 0.05) is 11.8 Å². The Morgan fingerprint density at radius 1 is 1.35 bits per heavy atom. The number of carbonyl (C=O) groups excluding carboxylic acids is 1. The lowest BCUT2D eigenvalue weighted by Gasteiger charge is -2.09. The Morgan fingerprint density at radius 2 is 2.00 bits per heavy atom. The number of benzene rings is 1. The number of halogens is 1. The van der Waals surface area contributed by atoms with Crippen molar-refractivity contribution < 1.29 is 19.1 Å². The molecule has 0 spiro atoms. The van der Waals surface area contributed by atoms with Crippen molar-refractivity contribution in [2.45, 2.75) is 25.0 Å². The van der Waals surface area contributed by atoms with Crippen molar-refractivity contribution in [3.63, 3.8) is 0 Å². The molecule has 1 unspecified atom stereocenters. The number of carbonyl (C=O) groups is 2. The summed E-state index contributed by atoms with van der Waals surface area (Å²) in [5.74, 6) is -1.00. The number of hydrogen-bond donors (Lipinski definition) is 2. The van der Waals surface area contributed by atoms with Crippen LogP contribution < -0.4 is 5.32 Å². The molecule has 0 bridgehead atoms. The SMILES string of the molecule is CC(CC(=O)O)SCC(=O)NCCc1ccc(F)cc1. The zero-order valence-electron chi connectivity index (χ0n) is 11.3. The molecule has 0 aliphatic heterocycles. The summed E-state index contributed by atoms with van der Waals surface area (Å²) in [5.41, 5.74) is 0.957. The van der Waals surface area contributed by atoms with Crippen LogP contribution in [0.1, 0.15) is 18.9 Å². The van der Waals surface area contributed by atoms with E-state index in [-0.39, 0.29) is 29.1 Å². The molecule has 2 N–H and O–H groups in total. The molecule has 0 saturated carbocycles. The fraction of sp³-hybridized carbons (Fsp3) is 0.429. The van der Waals surface area contributed by atoms with E-state index in [0.717, 1.165) is 5.56 Å². The zero-order valence-corrected chi connectivity index (χ0v) is 12.1. The summed E-state index contributed by atoms with van der Waals surface area (Å²) in [5, 5.41) is 11.3. The zero-order chi connectivity index (χ0) is 15.0. The number of amides is 1. The molecule has 110 valence electrons. The number of carboxylic acids is 1. The topological polar surface area (TPSA) is 66.4 Å². The van der Waals surface area contributed by atoms with E-state index < -0.39 is 5.97 Å². The van der Waals surface area contributed by atoms with E-state index in [4.69, 9.17) is 5.11 Å². The van der Waals surface area contributed by atoms with E-state index in [1.54, 1.807) is 19.1 Å². The molecule has 20 heavy (non-hydrogen) atoms. The molecule has 6 heteroatoms. The Labute approximate surface area is 121 Å². The summed E-state index contributed by atoms with van der Waals surface area (Å²) in [6, 6.07) is 6.15. The lowest BCUT2D eigenvalue weighted by molar-refractivity contribution is -0.136. The van der Waals surface area contributed by atoms with E-state index in [2.05, 4.69) is 5.32 Å². The number of rotatable bonds is 8. The minimum atomic E-state index is -0.860. The first-order chi connectivity index (χ1) is 9.47. The monoisotopic (exact) mass is 299 g/mol. The largest absolute Gasteiger partial charge is 0.481 e. The molecule has 0 aliphatic rings. The van der Waals surface area contributed by atoms with Crippen molar-refractivity contribution in [3.05, 3.63) is 35.6 Å². The van der Waals surface area contributed by atoms with Crippen molar-refractivity contribution in [2.24, 2.45) is 0 Å². The predicted octanol–water partition coefficient (Wildman–Crippen LogP) is 2.08. The van der Waals surface area contributed by atoms with Crippen LogP contribution in [0, 0.1) is 5.82 Å². The van der Waals surface area contributed by atoms with E-state index in [1.165, 1.54) is 23.9 Å². The van der Waals surface area contributed by atoms with Crippen molar-refractivity contribution in [1.29, 1.82) is 0 Å². The molecule has 1 atom stereocenters. The van der Waals surface area contributed by atoms with Crippen LogP contribution in [-0.2, 0) is 16.0 Å². The minimum absolute atomic E-state index is 0.0491. The van der Waals surface area contributed by atoms with Gasteiger partial charge < -0.3 is 10.4 Å². The Kier molecular flexibility index (Phi) is 7.08. The molecule has 1 amide bonds. The Hall–Kier alpha value is -1.56. The van der Waals surface area contributed by atoms with Crippen LogP contribution in [0.3, 0.4) is 0 Å². The summed E-state index contributed by atoms with van der Waals surface area (Å²) in [4.78, 5) is 22.0. The predicted molar refractivity (Wildman–Crippen MR) is 77.3 cm³/mol. The molecule has 1 aromatic rings. The fourth-order valence-electron chi connectivity index (χ4n) is 1.57. The molecular formula is C14H18FNO3S. The molecule has 0 heterocycles. The molecule has 0 fully saturated rings. The lowest BCUT2D eigenvalue weighted by Crippen LogP contribution is -2.28. The van der Waals surface area contributed by atoms with Crippen LogP contribution in [0.5, 0.6) is 0 Å². The first-order valence-corrected chi connectivity index (χ1v) is 7.37. The van der Waals surface area contributed by atoms with Crippen LogP contribution in [0.15, 0.2) is 24.3 Å². The van der Waals surface area contributed by atoms with Gasteiger partial charge in [-0.15, -0.1) is 11.8 Å². The first-order valence-electron chi connectivity index (χ1n) is 6.32. The maximum absolute atomic E-state index is 12.7. The van der Waals surface area contributed by atoms with Crippen molar-refractivity contribution in [2.75, 3.05) is 12.3 Å². The van der Waals surface area contributed by atoms with Crippen LogP contribution >= 0.6 is 11.8 Å². The van der Waals surface area contributed by atoms with Gasteiger partial charge in [0.2, 0.25) is 5.91 Å². The second-order valence-corrected chi connectivity index (χ2v) is 5.87. The molecule has 0 radical (unpaired) electrons. The van der Waals surface area contributed by atoms with Crippen LogP contribution in [-0.4, -0.2) is 34.5 Å². The van der Waals surface area contributed by atoms with Gasteiger partial charge in [0.15, 0.2) is 0 Å². The summed E-state index contributed by atoms with van der Waals surface area (Å²) in [6.45, 7) is 2.27. The van der Waals surface area contributed by atoms with Gasteiger partial charge in [-0.2, -0.15) is 0 Å². The average Bonchev–Trinajstić information content (AvgIpc) is 2.38. The summed E-state index contributed by atoms with van der Waals surface area (Å²) in [6.07, 6.45) is 0.689. The second-order valence-electron chi connectivity index (χ2n) is 4.45. The maximum Gasteiger partial charge on any atom is 0.304 e. The Balaban J connectivity index is 2.17. The van der Waals surface area contributed by atoms with Gasteiger partial charge in [-0.1, -0.05) is 19.1 Å². The minimum Gasteiger partial charge on any atom is -0.481 e. The molecule has 1 rings (SSSR count). The lowest BCUT2D eigenvalue weighted by atomic mass is 10.1. The Bertz CT molecular complexity index is 450. The highest BCUT2D eigenvalue weighted by molar-refractivity contribution is 8.00. The van der Waals surface area contributed by atoms with Crippen molar-refractivity contribution in [3.8, 4) is 0 Å². The number of hydrogen-bond acceptors (Lipinski definition) is 3. The number of aliphatic carboxylic acids is 1. The van der Waals surface area contributed by atoms with Gasteiger partial charge in [-0.05, 0) is 24.1 Å². The fourth-order valence-corrected chi connectivity index (χ4v) is 2.37. The second kappa shape index (κ2) is 8.58. The smallest absolute Gasteiger partial charge is 0.304 e. The highest BCUT2D eigenvalue weighted by Crippen LogP contribution is 2.13. The van der Waals surface area contributed by atoms with E-state index in [1.807, 2.05) is 0 Å². The van der Waals surface area contributed by atoms with Crippen molar-refractivity contribution in [1.82, 2.24) is 5.32 Å². The standard InChI is InChI=1S/C14H18FNO3S/c1-10(8-14(18)19)20-9-13(17)16-7-6-11-2-4-12(15)5-3-11/h2-5,10H,6-9H2,1H3,(H,16,17)(H,18,19). The highest BCUT2D eigenvalue weighted by atomic mass is 32.2. The quantitative estimate of drug-likeness (QED) is 0.771. The van der Waals surface area contributed by atoms with Crippen molar-refractivity contribution >= 4 is 23.6 Å². The highest BCUT2D eigenvalue weighted by Gasteiger charge is 2.10. The number of carboxylic acid groups (broad SMARTS) is 1. The third-order valence-electron chi connectivity index (χ3n) is 2.61. The normalized spacial score (nSPS) is 11.9. The van der Waals surface area contributed by atoms with Gasteiger partial charge in [0.1, 0.15) is 5.82 Å². The molecule has 0 saturated heterocycles. The number of thioether (sulfide) groups is 1. The molecule has 1 aromatic carbocycles. The van der Waals surface area contributed by atoms with Gasteiger partial charge in [0.25, 0.3) is 0 Å². The summed E-state index contributed by atoms with van der Waals surface area (Å²) in [7, 11) is 0. The molecular weight excluding hydrogens is 281 g/mol. The van der Waals surface area contributed by atoms with Crippen LogP contribution in [0.4, 0.5) is 4.39 Å². The van der Waals surface area contributed by atoms with Crippen LogP contribution in [0.2, 0.25) is 0 Å². The Morgan fingerprint density at radius 3 is 2.60 bits per heavy atom. The third-order valence-corrected chi connectivity index (χ3v) is 3.77. The van der Waals surface area contributed by atoms with Crippen LogP contribution in [0.25, 0.3) is 0 Å². The average molecular weight is 299 g/mol. The number of nitrogens with one attached hydrogen (secondary N) is 1. The summed E-state index contributed by atoms with van der Waals surface area (Å²) >= 11 is 1.32. The molecule has 0 aliphatic carbocycles. The summed E-state index contributed by atoms with van der Waals surface area (Å²) < 4.78 is 12.7. The molecule has 4 nitrogen and oxygen atoms in total. The van der Waals surface area contributed by atoms with Gasteiger partial charge >= 0.3 is 5.97 Å². The van der Waals surface area contributed by atoms with Gasteiger partial charge in [-0.3, -0.25) is 9.59 Å². The van der Waals surface area contributed by atoms with E-state index in [9.17, 15) is 14.0 Å². The molecule has 0 aromatic heterocycles. The third kappa shape index (κ3) is 7.13. The maximum atomic E-state index is 12.7. The van der Waals surface area contributed by atoms with Gasteiger partial charge in [-0.25, -0.2) is 4.39 Å².